The van der Waals surface area contributed by atoms with Crippen LogP contribution >= 0.6 is 27.5 Å². The predicted octanol–water partition coefficient (Wildman–Crippen LogP) is 5.62. The lowest BCUT2D eigenvalue weighted by atomic mass is 10.1. The first kappa shape index (κ1) is 23.4. The largest absolute Gasteiger partial charge is 0.493 e. The molecule has 1 N–H and O–H groups in total. The Labute approximate surface area is 185 Å². The summed E-state index contributed by atoms with van der Waals surface area (Å²) in [5.41, 5.74) is 0.909. The van der Waals surface area contributed by atoms with Crippen LogP contribution in [0.2, 0.25) is 5.02 Å². The molecule has 29 heavy (non-hydrogen) atoms. The highest BCUT2D eigenvalue weighted by atomic mass is 79.9. The average Bonchev–Trinajstić information content (AvgIpc) is 2.68. The number of benzene rings is 2. The summed E-state index contributed by atoms with van der Waals surface area (Å²) >= 11 is 9.31. The second-order valence-electron chi connectivity index (χ2n) is 7.07. The first-order valence-electron chi connectivity index (χ1n) is 9.49. The van der Waals surface area contributed by atoms with Gasteiger partial charge in [-0.1, -0.05) is 31.5 Å². The zero-order valence-corrected chi connectivity index (χ0v) is 19.5. The van der Waals surface area contributed by atoms with Crippen LogP contribution in [0.3, 0.4) is 0 Å². The second-order valence-corrected chi connectivity index (χ2v) is 8.36. The van der Waals surface area contributed by atoms with Crippen molar-refractivity contribution in [3.63, 3.8) is 0 Å². The number of nitrogens with one attached hydrogen (secondary N) is 1. The van der Waals surface area contributed by atoms with E-state index < -0.39 is 6.10 Å². The van der Waals surface area contributed by atoms with Gasteiger partial charge in [0.1, 0.15) is 5.75 Å². The quantitative estimate of drug-likeness (QED) is 0.475. The van der Waals surface area contributed by atoms with E-state index >= 15 is 0 Å². The summed E-state index contributed by atoms with van der Waals surface area (Å²) in [6.07, 6.45) is 0.316. The standard InChI is InChI=1S/C22H27BrClNO4/c1-14(2)9-10-28-20-7-5-16(11-21(20)27-4)13-25-22(26)15(3)29-19-8-6-17(24)12-18(19)23/h5-8,11-12,14-15H,9-10,13H2,1-4H3,(H,25,26). The number of rotatable bonds is 10. The van der Waals surface area contributed by atoms with Gasteiger partial charge in [0.15, 0.2) is 17.6 Å². The Balaban J connectivity index is 1.91. The van der Waals surface area contributed by atoms with Crippen LogP contribution < -0.4 is 19.5 Å². The van der Waals surface area contributed by atoms with Gasteiger partial charge in [-0.3, -0.25) is 4.79 Å². The fourth-order valence-electron chi connectivity index (χ4n) is 2.49. The Bertz CT molecular complexity index is 828. The van der Waals surface area contributed by atoms with Gasteiger partial charge in [-0.15, -0.1) is 0 Å². The zero-order valence-electron chi connectivity index (χ0n) is 17.1. The molecule has 0 aromatic heterocycles. The molecule has 0 aliphatic rings. The van der Waals surface area contributed by atoms with Crippen LogP contribution in [-0.4, -0.2) is 25.7 Å². The molecule has 5 nitrogen and oxygen atoms in total. The van der Waals surface area contributed by atoms with Crippen LogP contribution in [0.25, 0.3) is 0 Å². The molecule has 1 unspecified atom stereocenters. The highest BCUT2D eigenvalue weighted by Crippen LogP contribution is 2.29. The third kappa shape index (κ3) is 7.44. The van der Waals surface area contributed by atoms with Crippen molar-refractivity contribution in [2.45, 2.75) is 39.8 Å². The Morgan fingerprint density at radius 2 is 1.83 bits per heavy atom. The summed E-state index contributed by atoms with van der Waals surface area (Å²) in [5, 5.41) is 3.47. The molecule has 0 fully saturated rings. The maximum Gasteiger partial charge on any atom is 0.261 e. The lowest BCUT2D eigenvalue weighted by molar-refractivity contribution is -0.127. The van der Waals surface area contributed by atoms with Gasteiger partial charge < -0.3 is 19.5 Å². The van der Waals surface area contributed by atoms with Gasteiger partial charge in [0.25, 0.3) is 5.91 Å². The van der Waals surface area contributed by atoms with Crippen LogP contribution in [0.15, 0.2) is 40.9 Å². The molecular formula is C22H27BrClNO4. The van der Waals surface area contributed by atoms with Crippen molar-refractivity contribution in [3.05, 3.63) is 51.5 Å². The third-order valence-electron chi connectivity index (χ3n) is 4.21. The normalized spacial score (nSPS) is 11.8. The van der Waals surface area contributed by atoms with E-state index in [-0.39, 0.29) is 5.91 Å². The van der Waals surface area contributed by atoms with Gasteiger partial charge in [-0.25, -0.2) is 0 Å². The van der Waals surface area contributed by atoms with E-state index in [1.54, 1.807) is 32.2 Å². The van der Waals surface area contributed by atoms with Crippen LogP contribution in [0.1, 0.15) is 32.8 Å². The summed E-state index contributed by atoms with van der Waals surface area (Å²) in [6.45, 7) is 7.00. The van der Waals surface area contributed by atoms with Crippen LogP contribution in [0.4, 0.5) is 0 Å². The van der Waals surface area contributed by atoms with Crippen molar-refractivity contribution in [2.24, 2.45) is 5.92 Å². The van der Waals surface area contributed by atoms with Crippen LogP contribution in [-0.2, 0) is 11.3 Å². The summed E-state index contributed by atoms with van der Waals surface area (Å²) < 4.78 is 17.6. The summed E-state index contributed by atoms with van der Waals surface area (Å²) in [7, 11) is 1.60. The fraction of sp³-hybridized carbons (Fsp3) is 0.409. The number of hydrogen-bond donors (Lipinski definition) is 1. The minimum Gasteiger partial charge on any atom is -0.493 e. The molecule has 0 radical (unpaired) electrons. The lowest BCUT2D eigenvalue weighted by Crippen LogP contribution is -2.35. The first-order chi connectivity index (χ1) is 13.8. The highest BCUT2D eigenvalue weighted by molar-refractivity contribution is 9.10. The number of halogens is 2. The Morgan fingerprint density at radius 1 is 1.10 bits per heavy atom. The smallest absolute Gasteiger partial charge is 0.261 e. The van der Waals surface area contributed by atoms with Gasteiger partial charge in [0.05, 0.1) is 18.2 Å². The Hall–Kier alpha value is -1.92. The van der Waals surface area contributed by atoms with E-state index in [2.05, 4.69) is 35.1 Å². The minimum atomic E-state index is -0.659. The molecule has 7 heteroatoms. The van der Waals surface area contributed by atoms with Crippen LogP contribution in [0, 0.1) is 5.92 Å². The van der Waals surface area contributed by atoms with Crippen molar-refractivity contribution in [3.8, 4) is 17.2 Å². The Morgan fingerprint density at radius 3 is 2.48 bits per heavy atom. The zero-order chi connectivity index (χ0) is 21.4. The van der Waals surface area contributed by atoms with Crippen molar-refractivity contribution >= 4 is 33.4 Å². The number of amides is 1. The Kier molecular flexibility index (Phi) is 9.11. The van der Waals surface area contributed by atoms with Crippen molar-refractivity contribution in [2.75, 3.05) is 13.7 Å². The van der Waals surface area contributed by atoms with Gasteiger partial charge in [0.2, 0.25) is 0 Å². The lowest BCUT2D eigenvalue weighted by Gasteiger charge is -2.17. The van der Waals surface area contributed by atoms with Gasteiger partial charge in [-0.05, 0) is 71.1 Å². The molecule has 0 saturated carbocycles. The molecular weight excluding hydrogens is 458 g/mol. The molecule has 0 aliphatic heterocycles. The SMILES string of the molecule is COc1cc(CNC(=O)C(C)Oc2ccc(Cl)cc2Br)ccc1OCCC(C)C. The van der Waals surface area contributed by atoms with E-state index in [1.807, 2.05) is 18.2 Å². The third-order valence-corrected chi connectivity index (χ3v) is 5.07. The fourth-order valence-corrected chi connectivity index (χ4v) is 3.27. The molecule has 2 rings (SSSR count). The van der Waals surface area contributed by atoms with E-state index in [9.17, 15) is 4.79 Å². The predicted molar refractivity (Wildman–Crippen MR) is 119 cm³/mol. The molecule has 158 valence electrons. The minimum absolute atomic E-state index is 0.219. The van der Waals surface area contributed by atoms with E-state index in [0.717, 1.165) is 12.0 Å². The first-order valence-corrected chi connectivity index (χ1v) is 10.7. The summed E-state index contributed by atoms with van der Waals surface area (Å²) in [6, 6.07) is 10.8. The summed E-state index contributed by atoms with van der Waals surface area (Å²) in [5.74, 6) is 2.26. The maximum absolute atomic E-state index is 12.4. The molecule has 0 bridgehead atoms. The highest BCUT2D eigenvalue weighted by Gasteiger charge is 2.16. The molecule has 0 aliphatic carbocycles. The number of hydrogen-bond acceptors (Lipinski definition) is 4. The topological polar surface area (TPSA) is 56.8 Å². The van der Waals surface area contributed by atoms with Gasteiger partial charge in [-0.2, -0.15) is 0 Å². The number of methoxy groups -OCH3 is 1. The second kappa shape index (κ2) is 11.3. The van der Waals surface area contributed by atoms with Crippen molar-refractivity contribution in [1.29, 1.82) is 0 Å². The number of ether oxygens (including phenoxy) is 3. The molecule has 2 aromatic rings. The molecule has 1 amide bonds. The van der Waals surface area contributed by atoms with Gasteiger partial charge in [0, 0.05) is 11.6 Å². The molecule has 1 atom stereocenters. The van der Waals surface area contributed by atoms with E-state index in [4.69, 9.17) is 25.8 Å². The van der Waals surface area contributed by atoms with Crippen LogP contribution in [0.5, 0.6) is 17.2 Å². The number of carbonyl (C=O) groups excluding carboxylic acids is 1. The van der Waals surface area contributed by atoms with Gasteiger partial charge >= 0.3 is 0 Å². The number of carbonyl (C=O) groups is 1. The van der Waals surface area contributed by atoms with Crippen molar-refractivity contribution < 1.29 is 19.0 Å². The molecule has 0 spiro atoms. The van der Waals surface area contributed by atoms with Crippen molar-refractivity contribution in [1.82, 2.24) is 5.32 Å². The molecule has 0 saturated heterocycles. The monoisotopic (exact) mass is 483 g/mol. The maximum atomic E-state index is 12.4. The summed E-state index contributed by atoms with van der Waals surface area (Å²) in [4.78, 5) is 12.4. The average molecular weight is 485 g/mol. The van der Waals surface area contributed by atoms with E-state index in [0.29, 0.717) is 45.8 Å². The molecule has 0 heterocycles. The molecule has 2 aromatic carbocycles. The van der Waals surface area contributed by atoms with E-state index in [1.165, 1.54) is 0 Å².